The first-order valence-corrected chi connectivity index (χ1v) is 9.91. The zero-order valence-corrected chi connectivity index (χ0v) is 18.3. The topological polar surface area (TPSA) is 196 Å². The Morgan fingerprint density at radius 2 is 0.452 bits per heavy atom. The van der Waals surface area contributed by atoms with Gasteiger partial charge in [-0.15, -0.1) is 0 Å². The molecule has 0 aromatic carbocycles. The molecule has 3 aliphatic rings. The normalized spacial score (nSPS) is 26.7. The SMILES string of the molecule is ON=C1CCCCC1=NO.ON=C1CCCCC1=NO.ON=C1CCCCC1=NO.[Fe+2]. The van der Waals surface area contributed by atoms with E-state index < -0.39 is 0 Å². The number of oxime groups is 6. The standard InChI is InChI=1S/3C6H10N2O2.Fe/c3*9-7-5-3-1-2-4-6(5)8-10;/h3*9-10H,1-4H2;/q;;;+2. The maximum absolute atomic E-state index is 8.39. The van der Waals surface area contributed by atoms with Crippen LogP contribution in [0.4, 0.5) is 0 Å². The van der Waals surface area contributed by atoms with Crippen LogP contribution < -0.4 is 0 Å². The van der Waals surface area contributed by atoms with Crippen molar-refractivity contribution in [2.24, 2.45) is 30.9 Å². The van der Waals surface area contributed by atoms with E-state index in [4.69, 9.17) is 31.2 Å². The molecule has 0 saturated heterocycles. The molecule has 0 amide bonds. The van der Waals surface area contributed by atoms with Gasteiger partial charge in [-0.1, -0.05) is 30.9 Å². The fourth-order valence-corrected chi connectivity index (χ4v) is 3.27. The van der Waals surface area contributed by atoms with E-state index in [-0.39, 0.29) is 17.1 Å². The average molecular weight is 482 g/mol. The summed E-state index contributed by atoms with van der Waals surface area (Å²) in [5.74, 6) is 0. The Labute approximate surface area is 190 Å². The molecule has 3 rings (SSSR count). The summed E-state index contributed by atoms with van der Waals surface area (Å²) in [4.78, 5) is 0. The van der Waals surface area contributed by atoms with Gasteiger partial charge in [-0.3, -0.25) is 0 Å². The second kappa shape index (κ2) is 17.1. The van der Waals surface area contributed by atoms with Gasteiger partial charge in [0.25, 0.3) is 0 Å². The molecule has 6 N–H and O–H groups in total. The van der Waals surface area contributed by atoms with Crippen molar-refractivity contribution >= 4 is 34.3 Å². The van der Waals surface area contributed by atoms with Gasteiger partial charge in [-0.2, -0.15) is 0 Å². The quantitative estimate of drug-likeness (QED) is 0.173. The predicted molar refractivity (Wildman–Crippen MR) is 111 cm³/mol. The van der Waals surface area contributed by atoms with E-state index >= 15 is 0 Å². The fourth-order valence-electron chi connectivity index (χ4n) is 3.27. The summed E-state index contributed by atoms with van der Waals surface area (Å²) < 4.78 is 0. The van der Waals surface area contributed by atoms with E-state index in [1.54, 1.807) is 0 Å². The zero-order valence-electron chi connectivity index (χ0n) is 17.2. The minimum Gasteiger partial charge on any atom is -0.411 e. The van der Waals surface area contributed by atoms with Gasteiger partial charge in [0.2, 0.25) is 0 Å². The van der Waals surface area contributed by atoms with Crippen molar-refractivity contribution in [2.75, 3.05) is 0 Å². The molecular formula is C18H30FeN6O6+2. The van der Waals surface area contributed by atoms with Crippen molar-refractivity contribution in [1.82, 2.24) is 0 Å². The summed E-state index contributed by atoms with van der Waals surface area (Å²) in [6, 6.07) is 0. The molecule has 0 aliphatic heterocycles. The first-order chi connectivity index (χ1) is 14.6. The Morgan fingerprint density at radius 1 is 0.323 bits per heavy atom. The van der Waals surface area contributed by atoms with Gasteiger partial charge in [0, 0.05) is 0 Å². The maximum Gasteiger partial charge on any atom is 2.00 e. The van der Waals surface area contributed by atoms with Crippen molar-refractivity contribution < 1.29 is 48.3 Å². The van der Waals surface area contributed by atoms with Crippen molar-refractivity contribution in [2.45, 2.75) is 77.0 Å². The molecule has 0 atom stereocenters. The average Bonchev–Trinajstić information content (AvgIpc) is 2.84. The van der Waals surface area contributed by atoms with Crippen LogP contribution in [-0.2, 0) is 17.1 Å². The van der Waals surface area contributed by atoms with E-state index in [9.17, 15) is 0 Å². The third-order valence-corrected chi connectivity index (χ3v) is 4.96. The van der Waals surface area contributed by atoms with E-state index in [0.717, 1.165) is 77.0 Å². The summed E-state index contributed by atoms with van der Waals surface area (Å²) in [5, 5.41) is 68.5. The second-order valence-corrected chi connectivity index (χ2v) is 6.90. The molecular weight excluding hydrogens is 452 g/mol. The molecule has 174 valence electrons. The molecule has 3 aliphatic carbocycles. The van der Waals surface area contributed by atoms with Crippen molar-refractivity contribution in [3.63, 3.8) is 0 Å². The molecule has 0 spiro atoms. The van der Waals surface area contributed by atoms with Crippen LogP contribution in [0.3, 0.4) is 0 Å². The van der Waals surface area contributed by atoms with Crippen LogP contribution in [0.2, 0.25) is 0 Å². The van der Waals surface area contributed by atoms with Gasteiger partial charge < -0.3 is 31.2 Å². The molecule has 0 aromatic rings. The summed E-state index contributed by atoms with van der Waals surface area (Å²) in [5.41, 5.74) is 3.13. The first kappa shape index (κ1) is 28.3. The Balaban J connectivity index is 0.000000429. The van der Waals surface area contributed by atoms with Crippen molar-refractivity contribution in [3.05, 3.63) is 0 Å². The van der Waals surface area contributed by atoms with Crippen LogP contribution in [0.15, 0.2) is 30.9 Å². The minimum absolute atomic E-state index is 0. The van der Waals surface area contributed by atoms with Crippen LogP contribution in [-0.4, -0.2) is 65.5 Å². The second-order valence-electron chi connectivity index (χ2n) is 6.90. The summed E-state index contributed by atoms with van der Waals surface area (Å²) >= 11 is 0. The number of hydrogen-bond donors (Lipinski definition) is 6. The molecule has 0 aromatic heterocycles. The minimum atomic E-state index is 0. The van der Waals surface area contributed by atoms with Crippen LogP contribution in [0.1, 0.15) is 77.0 Å². The van der Waals surface area contributed by atoms with Gasteiger partial charge in [0.1, 0.15) is 34.3 Å². The van der Waals surface area contributed by atoms with Crippen LogP contribution in [0.25, 0.3) is 0 Å². The van der Waals surface area contributed by atoms with Crippen LogP contribution >= 0.6 is 0 Å². The van der Waals surface area contributed by atoms with E-state index in [0.29, 0.717) is 34.3 Å². The van der Waals surface area contributed by atoms with Gasteiger partial charge in [-0.05, 0) is 77.0 Å². The monoisotopic (exact) mass is 482 g/mol. The van der Waals surface area contributed by atoms with Crippen molar-refractivity contribution in [1.29, 1.82) is 0 Å². The van der Waals surface area contributed by atoms with Crippen molar-refractivity contribution in [3.8, 4) is 0 Å². The maximum atomic E-state index is 8.39. The Hall–Kier alpha value is -2.66. The fraction of sp³-hybridized carbons (Fsp3) is 0.667. The van der Waals surface area contributed by atoms with E-state index in [1.165, 1.54) is 0 Å². The number of rotatable bonds is 0. The smallest absolute Gasteiger partial charge is 0.411 e. The molecule has 13 heteroatoms. The molecule has 0 bridgehead atoms. The van der Waals surface area contributed by atoms with Gasteiger partial charge in [0.05, 0.1) is 0 Å². The molecule has 0 radical (unpaired) electrons. The third kappa shape index (κ3) is 9.79. The van der Waals surface area contributed by atoms with Gasteiger partial charge in [-0.25, -0.2) is 0 Å². The molecule has 31 heavy (non-hydrogen) atoms. The van der Waals surface area contributed by atoms with E-state index in [2.05, 4.69) is 30.9 Å². The summed E-state index contributed by atoms with van der Waals surface area (Å²) in [6.45, 7) is 0. The molecule has 0 unspecified atom stereocenters. The Kier molecular flexibility index (Phi) is 15.6. The van der Waals surface area contributed by atoms with Gasteiger partial charge >= 0.3 is 17.1 Å². The van der Waals surface area contributed by atoms with Crippen LogP contribution in [0.5, 0.6) is 0 Å². The largest absolute Gasteiger partial charge is 2.00 e. The van der Waals surface area contributed by atoms with Crippen LogP contribution in [0, 0.1) is 0 Å². The molecule has 0 heterocycles. The van der Waals surface area contributed by atoms with E-state index in [1.807, 2.05) is 0 Å². The summed E-state index contributed by atoms with van der Waals surface area (Å²) in [6.07, 6.45) is 10.4. The number of hydrogen-bond acceptors (Lipinski definition) is 12. The third-order valence-electron chi connectivity index (χ3n) is 4.96. The summed E-state index contributed by atoms with van der Waals surface area (Å²) in [7, 11) is 0. The first-order valence-electron chi connectivity index (χ1n) is 9.91. The molecule has 3 fully saturated rings. The molecule has 3 saturated carbocycles. The van der Waals surface area contributed by atoms with Gasteiger partial charge in [0.15, 0.2) is 0 Å². The number of nitrogens with zero attached hydrogens (tertiary/aromatic N) is 6. The zero-order chi connectivity index (χ0) is 22.2. The molecule has 12 nitrogen and oxygen atoms in total. The Morgan fingerprint density at radius 3 is 0.548 bits per heavy atom. The predicted octanol–water partition coefficient (Wildman–Crippen LogP) is 3.66. The Bertz CT molecular complexity index is 565.